The van der Waals surface area contributed by atoms with Gasteiger partial charge >= 0.3 is 0 Å². The fraction of sp³-hybridized carbons (Fsp3) is 0.227. The molecular formula is C22H21FN4O3. The molecule has 30 heavy (non-hydrogen) atoms. The van der Waals surface area contributed by atoms with Gasteiger partial charge in [-0.3, -0.25) is 9.59 Å². The minimum Gasteiger partial charge on any atom is -0.378 e. The van der Waals surface area contributed by atoms with Crippen LogP contribution in [0.2, 0.25) is 0 Å². The van der Waals surface area contributed by atoms with Crippen LogP contribution in [0.4, 0.5) is 15.8 Å². The van der Waals surface area contributed by atoms with Crippen LogP contribution in [0.15, 0.2) is 65.5 Å². The lowest BCUT2D eigenvalue weighted by molar-refractivity contribution is -0.117. The van der Waals surface area contributed by atoms with Gasteiger partial charge in [0.2, 0.25) is 5.91 Å². The molecule has 154 valence electrons. The summed E-state index contributed by atoms with van der Waals surface area (Å²) in [5.74, 6) is -0.839. The molecule has 7 nitrogen and oxygen atoms in total. The SMILES string of the molecule is O=C(Cn1nc(-c2ccccc2F)ccc1=O)Nc1ccc(N2CCOCC2)cc1. The van der Waals surface area contributed by atoms with Crippen LogP contribution in [0.25, 0.3) is 11.3 Å². The predicted octanol–water partition coefficient (Wildman–Crippen LogP) is 2.52. The molecule has 4 rings (SSSR count). The summed E-state index contributed by atoms with van der Waals surface area (Å²) in [6, 6.07) is 16.4. The van der Waals surface area contributed by atoms with Gasteiger partial charge in [-0.15, -0.1) is 0 Å². The van der Waals surface area contributed by atoms with Gasteiger partial charge in [0.15, 0.2) is 0 Å². The molecule has 1 aliphatic rings. The molecule has 2 heterocycles. The summed E-state index contributed by atoms with van der Waals surface area (Å²) < 4.78 is 20.4. The van der Waals surface area contributed by atoms with Gasteiger partial charge in [0.05, 0.1) is 18.9 Å². The van der Waals surface area contributed by atoms with Crippen LogP contribution in [0, 0.1) is 5.82 Å². The first-order valence-electron chi connectivity index (χ1n) is 9.66. The van der Waals surface area contributed by atoms with Crippen molar-refractivity contribution in [2.45, 2.75) is 6.54 Å². The Hall–Kier alpha value is -3.52. The summed E-state index contributed by atoms with van der Waals surface area (Å²) >= 11 is 0. The molecule has 2 aromatic carbocycles. The van der Waals surface area contributed by atoms with Crippen LogP contribution in [-0.2, 0) is 16.1 Å². The number of nitrogens with zero attached hydrogens (tertiary/aromatic N) is 3. The molecule has 0 saturated carbocycles. The number of carbonyl (C=O) groups excluding carboxylic acids is 1. The lowest BCUT2D eigenvalue weighted by Crippen LogP contribution is -2.36. The second kappa shape index (κ2) is 8.87. The van der Waals surface area contributed by atoms with Crippen molar-refractivity contribution >= 4 is 17.3 Å². The lowest BCUT2D eigenvalue weighted by Gasteiger charge is -2.28. The molecule has 1 amide bonds. The van der Waals surface area contributed by atoms with Gasteiger partial charge in [0.25, 0.3) is 5.56 Å². The molecule has 1 saturated heterocycles. The van der Waals surface area contributed by atoms with Crippen molar-refractivity contribution in [3.8, 4) is 11.3 Å². The van der Waals surface area contributed by atoms with Gasteiger partial charge in [-0.1, -0.05) is 12.1 Å². The maximum atomic E-state index is 14.0. The number of amides is 1. The first kappa shape index (κ1) is 19.8. The van der Waals surface area contributed by atoms with E-state index >= 15 is 0 Å². The van der Waals surface area contributed by atoms with Crippen molar-refractivity contribution in [2.24, 2.45) is 0 Å². The highest BCUT2D eigenvalue weighted by Gasteiger charge is 2.13. The zero-order valence-electron chi connectivity index (χ0n) is 16.3. The Balaban J connectivity index is 1.44. The quantitative estimate of drug-likeness (QED) is 0.702. The number of ether oxygens (including phenoxy) is 1. The monoisotopic (exact) mass is 408 g/mol. The molecule has 0 bridgehead atoms. The van der Waals surface area contributed by atoms with Gasteiger partial charge in [-0.05, 0) is 42.5 Å². The highest BCUT2D eigenvalue weighted by Crippen LogP contribution is 2.20. The summed E-state index contributed by atoms with van der Waals surface area (Å²) in [5.41, 5.74) is 1.80. The molecule has 3 aromatic rings. The summed E-state index contributed by atoms with van der Waals surface area (Å²) in [7, 11) is 0. The Labute approximate surface area is 172 Å². The van der Waals surface area contributed by atoms with Gasteiger partial charge in [-0.2, -0.15) is 5.10 Å². The number of hydrogen-bond acceptors (Lipinski definition) is 5. The van der Waals surface area contributed by atoms with Crippen molar-refractivity contribution in [2.75, 3.05) is 36.5 Å². The van der Waals surface area contributed by atoms with E-state index in [9.17, 15) is 14.0 Å². The molecule has 1 aromatic heterocycles. The molecule has 1 aliphatic heterocycles. The molecule has 0 spiro atoms. The summed E-state index contributed by atoms with van der Waals surface area (Å²) in [6.45, 7) is 2.79. The van der Waals surface area contributed by atoms with E-state index in [-0.39, 0.29) is 17.8 Å². The summed E-state index contributed by atoms with van der Waals surface area (Å²) in [5, 5.41) is 6.91. The van der Waals surface area contributed by atoms with Crippen molar-refractivity contribution in [1.82, 2.24) is 9.78 Å². The van der Waals surface area contributed by atoms with E-state index < -0.39 is 17.3 Å². The van der Waals surface area contributed by atoms with Gasteiger partial charge < -0.3 is 15.0 Å². The number of nitrogens with one attached hydrogen (secondary N) is 1. The molecule has 8 heteroatoms. The fourth-order valence-electron chi connectivity index (χ4n) is 3.29. The zero-order chi connectivity index (χ0) is 20.9. The minimum atomic E-state index is -0.444. The Morgan fingerprint density at radius 1 is 1.03 bits per heavy atom. The van der Waals surface area contributed by atoms with E-state index in [0.29, 0.717) is 18.9 Å². The number of hydrogen-bond donors (Lipinski definition) is 1. The number of halogens is 1. The Bertz CT molecular complexity index is 1090. The average Bonchev–Trinajstić information content (AvgIpc) is 2.77. The molecule has 0 aliphatic carbocycles. The number of benzene rings is 2. The highest BCUT2D eigenvalue weighted by molar-refractivity contribution is 5.90. The second-order valence-corrected chi connectivity index (χ2v) is 6.89. The van der Waals surface area contributed by atoms with Gasteiger partial charge in [0.1, 0.15) is 12.4 Å². The third-order valence-corrected chi connectivity index (χ3v) is 4.84. The molecule has 0 unspecified atom stereocenters. The molecule has 0 radical (unpaired) electrons. The number of anilines is 2. The van der Waals surface area contributed by atoms with Crippen LogP contribution in [-0.4, -0.2) is 42.0 Å². The largest absolute Gasteiger partial charge is 0.378 e. The van der Waals surface area contributed by atoms with E-state index in [2.05, 4.69) is 15.3 Å². The molecule has 1 fully saturated rings. The minimum absolute atomic E-state index is 0.269. The highest BCUT2D eigenvalue weighted by atomic mass is 19.1. The Morgan fingerprint density at radius 2 is 1.77 bits per heavy atom. The van der Waals surface area contributed by atoms with Crippen molar-refractivity contribution in [1.29, 1.82) is 0 Å². The zero-order valence-corrected chi connectivity index (χ0v) is 16.3. The number of carbonyl (C=O) groups is 1. The van der Waals surface area contributed by atoms with Crippen LogP contribution in [0.3, 0.4) is 0 Å². The van der Waals surface area contributed by atoms with Crippen molar-refractivity contribution in [3.63, 3.8) is 0 Å². The maximum absolute atomic E-state index is 14.0. The topological polar surface area (TPSA) is 76.5 Å². The summed E-state index contributed by atoms with van der Waals surface area (Å²) in [4.78, 5) is 26.7. The van der Waals surface area contributed by atoms with E-state index in [1.807, 2.05) is 24.3 Å². The normalized spacial score (nSPS) is 13.8. The lowest BCUT2D eigenvalue weighted by atomic mass is 10.1. The fourth-order valence-corrected chi connectivity index (χ4v) is 3.29. The first-order valence-corrected chi connectivity index (χ1v) is 9.66. The molecule has 0 atom stereocenters. The van der Waals surface area contributed by atoms with Crippen LogP contribution < -0.4 is 15.8 Å². The van der Waals surface area contributed by atoms with Crippen molar-refractivity contribution < 1.29 is 13.9 Å². The van der Waals surface area contributed by atoms with Crippen molar-refractivity contribution in [3.05, 3.63) is 76.8 Å². The number of rotatable bonds is 5. The summed E-state index contributed by atoms with van der Waals surface area (Å²) in [6.07, 6.45) is 0. The van der Waals surface area contributed by atoms with E-state index in [1.54, 1.807) is 18.2 Å². The first-order chi connectivity index (χ1) is 14.6. The third kappa shape index (κ3) is 4.55. The maximum Gasteiger partial charge on any atom is 0.267 e. The number of aromatic nitrogens is 2. The van der Waals surface area contributed by atoms with Crippen LogP contribution in [0.1, 0.15) is 0 Å². The van der Waals surface area contributed by atoms with Gasteiger partial charge in [-0.25, -0.2) is 9.07 Å². The predicted molar refractivity (Wildman–Crippen MR) is 112 cm³/mol. The second-order valence-electron chi connectivity index (χ2n) is 6.89. The van der Waals surface area contributed by atoms with E-state index in [0.717, 1.165) is 23.5 Å². The van der Waals surface area contributed by atoms with Gasteiger partial charge in [0, 0.05) is 36.1 Å². The standard InChI is InChI=1S/C22H21FN4O3/c23-19-4-2-1-3-18(19)20-9-10-22(29)27(25-20)15-21(28)24-16-5-7-17(8-6-16)26-11-13-30-14-12-26/h1-10H,11-15H2,(H,24,28). The average molecular weight is 408 g/mol. The smallest absolute Gasteiger partial charge is 0.267 e. The molecular weight excluding hydrogens is 387 g/mol. The van der Waals surface area contributed by atoms with Crippen LogP contribution in [0.5, 0.6) is 0 Å². The van der Waals surface area contributed by atoms with Crippen LogP contribution >= 0.6 is 0 Å². The van der Waals surface area contributed by atoms with E-state index in [4.69, 9.17) is 4.74 Å². The van der Waals surface area contributed by atoms with E-state index in [1.165, 1.54) is 18.2 Å². The third-order valence-electron chi connectivity index (χ3n) is 4.84. The Kier molecular flexibility index (Phi) is 5.85. The number of morpholine rings is 1. The molecule has 1 N–H and O–H groups in total. The Morgan fingerprint density at radius 3 is 2.50 bits per heavy atom.